The van der Waals surface area contributed by atoms with Crippen LogP contribution < -0.4 is 10.6 Å². The monoisotopic (exact) mass is 293 g/mol. The van der Waals surface area contributed by atoms with Crippen LogP contribution in [0.5, 0.6) is 0 Å². The van der Waals surface area contributed by atoms with E-state index in [1.54, 1.807) is 0 Å². The molecule has 0 spiro atoms. The molecule has 8 nitrogen and oxygen atoms in total. The quantitative estimate of drug-likeness (QED) is 0.756. The second-order valence-corrected chi connectivity index (χ2v) is 4.12. The third-order valence-electron chi connectivity index (χ3n) is 2.42. The normalized spacial score (nSPS) is 10.1. The maximum atomic E-state index is 12.7. The van der Waals surface area contributed by atoms with Crippen molar-refractivity contribution in [3.63, 3.8) is 0 Å². The van der Waals surface area contributed by atoms with Gasteiger partial charge in [0.15, 0.2) is 0 Å². The Morgan fingerprint density at radius 3 is 2.67 bits per heavy atom. The largest absolute Gasteiger partial charge is 0.480 e. The third-order valence-corrected chi connectivity index (χ3v) is 2.42. The van der Waals surface area contributed by atoms with Gasteiger partial charge in [0, 0.05) is 5.69 Å². The molecule has 0 saturated heterocycles. The van der Waals surface area contributed by atoms with Gasteiger partial charge in [-0.1, -0.05) is 5.21 Å². The predicted octanol–water partition coefficient (Wildman–Crippen LogP) is 0.824. The van der Waals surface area contributed by atoms with E-state index in [0.29, 0.717) is 11.4 Å². The fourth-order valence-electron chi connectivity index (χ4n) is 1.51. The number of hydrogen-bond donors (Lipinski definition) is 3. The number of benzene rings is 1. The lowest BCUT2D eigenvalue weighted by Crippen LogP contribution is -2.28. The van der Waals surface area contributed by atoms with Gasteiger partial charge in [0.2, 0.25) is 0 Å². The number of carbonyl (C=O) groups is 2. The van der Waals surface area contributed by atoms with Crippen molar-refractivity contribution in [3.05, 3.63) is 42.0 Å². The van der Waals surface area contributed by atoms with Crippen LogP contribution in [0, 0.1) is 5.82 Å². The minimum Gasteiger partial charge on any atom is -0.480 e. The van der Waals surface area contributed by atoms with Crippen molar-refractivity contribution in [2.75, 3.05) is 5.32 Å². The van der Waals surface area contributed by atoms with Gasteiger partial charge in [-0.25, -0.2) is 13.9 Å². The number of nitrogens with zero attached hydrogens (tertiary/aromatic N) is 3. The van der Waals surface area contributed by atoms with Gasteiger partial charge >= 0.3 is 12.0 Å². The van der Waals surface area contributed by atoms with Gasteiger partial charge < -0.3 is 15.7 Å². The first-order valence-corrected chi connectivity index (χ1v) is 5.94. The topological polar surface area (TPSA) is 109 Å². The zero-order valence-electron chi connectivity index (χ0n) is 10.8. The average molecular weight is 293 g/mol. The number of carboxylic acid groups (broad SMARTS) is 1. The molecule has 2 aromatic rings. The summed E-state index contributed by atoms with van der Waals surface area (Å²) in [4.78, 5) is 22.1. The number of anilines is 1. The molecule has 110 valence electrons. The van der Waals surface area contributed by atoms with Crippen molar-refractivity contribution in [2.24, 2.45) is 0 Å². The maximum absolute atomic E-state index is 12.7. The van der Waals surface area contributed by atoms with Crippen molar-refractivity contribution in [1.82, 2.24) is 20.3 Å². The Morgan fingerprint density at radius 2 is 2.00 bits per heavy atom. The van der Waals surface area contributed by atoms with E-state index in [2.05, 4.69) is 20.9 Å². The molecule has 1 aromatic heterocycles. The van der Waals surface area contributed by atoms with E-state index in [0.717, 1.165) is 4.68 Å². The Bertz CT molecular complexity index is 641. The Balaban J connectivity index is 1.82. The second kappa shape index (κ2) is 6.46. The van der Waals surface area contributed by atoms with Gasteiger partial charge in [-0.05, 0) is 24.3 Å². The Labute approximate surface area is 118 Å². The van der Waals surface area contributed by atoms with Crippen LogP contribution in [0.1, 0.15) is 5.69 Å². The minimum absolute atomic E-state index is 0.0899. The lowest BCUT2D eigenvalue weighted by atomic mass is 10.3. The zero-order chi connectivity index (χ0) is 15.2. The van der Waals surface area contributed by atoms with E-state index in [4.69, 9.17) is 5.11 Å². The number of halogens is 1. The lowest BCUT2D eigenvalue weighted by Gasteiger charge is -2.05. The Kier molecular flexibility index (Phi) is 4.44. The molecule has 2 amide bonds. The standard InChI is InChI=1S/C12H12FN5O3/c13-8-1-3-9(4-2-8)15-12(21)14-5-10-6-18(17-16-10)7-11(19)20/h1-4,6H,5,7H2,(H,19,20)(H2,14,15,21). The Morgan fingerprint density at radius 1 is 1.29 bits per heavy atom. The number of carbonyl (C=O) groups excluding carboxylic acids is 1. The molecule has 0 radical (unpaired) electrons. The van der Waals surface area contributed by atoms with E-state index in [-0.39, 0.29) is 13.1 Å². The number of urea groups is 1. The summed E-state index contributed by atoms with van der Waals surface area (Å²) in [7, 11) is 0. The van der Waals surface area contributed by atoms with Crippen LogP contribution in [0.2, 0.25) is 0 Å². The van der Waals surface area contributed by atoms with Crippen molar-refractivity contribution in [1.29, 1.82) is 0 Å². The summed E-state index contributed by atoms with van der Waals surface area (Å²) in [5.74, 6) is -1.43. The van der Waals surface area contributed by atoms with Gasteiger partial charge in [-0.2, -0.15) is 0 Å². The molecule has 21 heavy (non-hydrogen) atoms. The highest BCUT2D eigenvalue weighted by molar-refractivity contribution is 5.89. The number of aliphatic carboxylic acids is 1. The molecule has 0 fully saturated rings. The molecule has 0 atom stereocenters. The maximum Gasteiger partial charge on any atom is 0.325 e. The van der Waals surface area contributed by atoms with E-state index < -0.39 is 17.8 Å². The third kappa shape index (κ3) is 4.56. The SMILES string of the molecule is O=C(O)Cn1cc(CNC(=O)Nc2ccc(F)cc2)nn1. The summed E-state index contributed by atoms with van der Waals surface area (Å²) < 4.78 is 13.8. The van der Waals surface area contributed by atoms with E-state index in [1.165, 1.54) is 30.5 Å². The van der Waals surface area contributed by atoms with Crippen molar-refractivity contribution in [2.45, 2.75) is 13.1 Å². The summed E-state index contributed by atoms with van der Waals surface area (Å²) in [6.45, 7) is -0.207. The van der Waals surface area contributed by atoms with Gasteiger partial charge in [0.25, 0.3) is 0 Å². The molecule has 1 aromatic carbocycles. The molecule has 0 bridgehead atoms. The fourth-order valence-corrected chi connectivity index (χ4v) is 1.51. The van der Waals surface area contributed by atoms with Crippen molar-refractivity contribution in [3.8, 4) is 0 Å². The molecular weight excluding hydrogens is 281 g/mol. The number of hydrogen-bond acceptors (Lipinski definition) is 4. The highest BCUT2D eigenvalue weighted by atomic mass is 19.1. The molecule has 0 unspecified atom stereocenters. The van der Waals surface area contributed by atoms with E-state index >= 15 is 0 Å². The first kappa shape index (κ1) is 14.4. The molecule has 1 heterocycles. The minimum atomic E-state index is -1.03. The average Bonchev–Trinajstić information content (AvgIpc) is 2.86. The second-order valence-electron chi connectivity index (χ2n) is 4.12. The smallest absolute Gasteiger partial charge is 0.325 e. The number of nitrogens with one attached hydrogen (secondary N) is 2. The van der Waals surface area contributed by atoms with Crippen molar-refractivity contribution >= 4 is 17.7 Å². The summed E-state index contributed by atoms with van der Waals surface area (Å²) in [6.07, 6.45) is 1.42. The van der Waals surface area contributed by atoms with Crippen LogP contribution in [0.15, 0.2) is 30.5 Å². The predicted molar refractivity (Wildman–Crippen MR) is 69.9 cm³/mol. The van der Waals surface area contributed by atoms with Crippen LogP contribution in [-0.4, -0.2) is 32.1 Å². The molecule has 0 aliphatic rings. The molecular formula is C12H12FN5O3. The highest BCUT2D eigenvalue weighted by Crippen LogP contribution is 2.07. The zero-order valence-corrected chi connectivity index (χ0v) is 10.8. The number of carboxylic acids is 1. The summed E-state index contributed by atoms with van der Waals surface area (Å²) >= 11 is 0. The molecule has 3 N–H and O–H groups in total. The molecule has 0 saturated carbocycles. The fraction of sp³-hybridized carbons (Fsp3) is 0.167. The van der Waals surface area contributed by atoms with Crippen LogP contribution in [-0.2, 0) is 17.9 Å². The molecule has 0 aliphatic carbocycles. The summed E-state index contributed by atoms with van der Waals surface area (Å²) in [5, 5.41) is 20.9. The lowest BCUT2D eigenvalue weighted by molar-refractivity contribution is -0.137. The number of amides is 2. The molecule has 9 heteroatoms. The molecule has 2 rings (SSSR count). The van der Waals surface area contributed by atoms with Gasteiger partial charge in [0.05, 0.1) is 12.7 Å². The first-order valence-electron chi connectivity index (χ1n) is 5.94. The summed E-state index contributed by atoms with van der Waals surface area (Å²) in [5.41, 5.74) is 0.869. The first-order chi connectivity index (χ1) is 10.0. The number of aromatic nitrogens is 3. The number of rotatable bonds is 5. The molecule has 0 aliphatic heterocycles. The van der Waals surface area contributed by atoms with Crippen LogP contribution >= 0.6 is 0 Å². The van der Waals surface area contributed by atoms with Crippen LogP contribution in [0.3, 0.4) is 0 Å². The van der Waals surface area contributed by atoms with Gasteiger partial charge in [-0.15, -0.1) is 5.10 Å². The van der Waals surface area contributed by atoms with E-state index in [1.807, 2.05) is 0 Å². The highest BCUT2D eigenvalue weighted by Gasteiger charge is 2.06. The van der Waals surface area contributed by atoms with Gasteiger partial charge in [-0.3, -0.25) is 4.79 Å². The van der Waals surface area contributed by atoms with Crippen LogP contribution in [0.25, 0.3) is 0 Å². The van der Waals surface area contributed by atoms with Gasteiger partial charge in [0.1, 0.15) is 18.1 Å². The Hall–Kier alpha value is -2.97. The van der Waals surface area contributed by atoms with Crippen LogP contribution in [0.4, 0.5) is 14.9 Å². The van der Waals surface area contributed by atoms with Crippen molar-refractivity contribution < 1.29 is 19.1 Å². The van der Waals surface area contributed by atoms with E-state index in [9.17, 15) is 14.0 Å². The summed E-state index contributed by atoms with van der Waals surface area (Å²) in [6, 6.07) is 4.82.